The Hall–Kier alpha value is 1.40. The van der Waals surface area contributed by atoms with Crippen LogP contribution in [0.4, 0.5) is 0 Å². The van der Waals surface area contributed by atoms with Crippen LogP contribution in [0.1, 0.15) is 6.92 Å². The predicted molar refractivity (Wildman–Crippen MR) is 54.7 cm³/mol. The van der Waals surface area contributed by atoms with Crippen LogP contribution in [0.15, 0.2) is 0 Å². The average Bonchev–Trinajstić information content (AvgIpc) is 1.85. The molecular formula is C5H6Br3ClO. The molecule has 0 heterocycles. The molecule has 10 heavy (non-hydrogen) atoms. The van der Waals surface area contributed by atoms with E-state index in [1.54, 1.807) is 0 Å². The molecule has 2 unspecified atom stereocenters. The minimum absolute atomic E-state index is 0.00405. The van der Waals surface area contributed by atoms with Gasteiger partial charge in [0.2, 0.25) is 5.24 Å². The van der Waals surface area contributed by atoms with Crippen LogP contribution in [-0.4, -0.2) is 19.7 Å². The van der Waals surface area contributed by atoms with Crippen molar-refractivity contribution in [2.45, 2.75) is 16.1 Å². The lowest BCUT2D eigenvalue weighted by atomic mass is 10.1. The number of carbonyl (C=O) groups is 1. The van der Waals surface area contributed by atoms with E-state index in [1.165, 1.54) is 0 Å². The van der Waals surface area contributed by atoms with Gasteiger partial charge >= 0.3 is 0 Å². The Morgan fingerprint density at radius 2 is 2.20 bits per heavy atom. The van der Waals surface area contributed by atoms with Gasteiger partial charge in [-0.1, -0.05) is 54.7 Å². The first kappa shape index (κ1) is 11.4. The van der Waals surface area contributed by atoms with Crippen molar-refractivity contribution in [1.29, 1.82) is 0 Å². The highest BCUT2D eigenvalue weighted by Crippen LogP contribution is 2.32. The van der Waals surface area contributed by atoms with Crippen molar-refractivity contribution in [3.8, 4) is 0 Å². The van der Waals surface area contributed by atoms with E-state index in [0.717, 1.165) is 0 Å². The van der Waals surface area contributed by atoms with Gasteiger partial charge in [0, 0.05) is 10.2 Å². The van der Waals surface area contributed by atoms with Gasteiger partial charge in [-0.2, -0.15) is 0 Å². The molecular weight excluding hydrogens is 351 g/mol. The van der Waals surface area contributed by atoms with Gasteiger partial charge in [0.1, 0.15) is 4.32 Å². The van der Waals surface area contributed by atoms with Crippen LogP contribution in [-0.2, 0) is 4.79 Å². The molecule has 1 nitrogen and oxygen atoms in total. The molecule has 0 spiro atoms. The van der Waals surface area contributed by atoms with Crippen LogP contribution in [0.5, 0.6) is 0 Å². The van der Waals surface area contributed by atoms with Gasteiger partial charge in [0.05, 0.1) is 0 Å². The molecule has 0 radical (unpaired) electrons. The van der Waals surface area contributed by atoms with Gasteiger partial charge < -0.3 is 0 Å². The van der Waals surface area contributed by atoms with Crippen molar-refractivity contribution < 1.29 is 4.79 Å². The summed E-state index contributed by atoms with van der Waals surface area (Å²) in [5.74, 6) is 0. The Labute approximate surface area is 90.3 Å². The van der Waals surface area contributed by atoms with E-state index < -0.39 is 9.57 Å². The zero-order valence-corrected chi connectivity index (χ0v) is 10.7. The Kier molecular flexibility index (Phi) is 5.05. The molecule has 0 aliphatic rings. The van der Waals surface area contributed by atoms with E-state index in [1.807, 2.05) is 6.92 Å². The fraction of sp³-hybridized carbons (Fsp3) is 0.800. The molecule has 0 aromatic carbocycles. The summed E-state index contributed by atoms with van der Waals surface area (Å²) in [6.45, 7) is 1.86. The van der Waals surface area contributed by atoms with E-state index >= 15 is 0 Å². The molecule has 0 aliphatic heterocycles. The average molecular weight is 357 g/mol. The van der Waals surface area contributed by atoms with Crippen LogP contribution in [0.25, 0.3) is 0 Å². The summed E-state index contributed by atoms with van der Waals surface area (Å²) in [7, 11) is 0. The molecule has 0 N–H and O–H groups in total. The van der Waals surface area contributed by atoms with E-state index in [9.17, 15) is 4.79 Å². The van der Waals surface area contributed by atoms with Crippen molar-refractivity contribution in [2.75, 3.05) is 5.33 Å². The highest BCUT2D eigenvalue weighted by Gasteiger charge is 2.37. The number of rotatable bonds is 3. The second kappa shape index (κ2) is 4.43. The van der Waals surface area contributed by atoms with Crippen molar-refractivity contribution in [2.24, 2.45) is 0 Å². The second-order valence-corrected chi connectivity index (χ2v) is 5.58. The molecule has 0 amide bonds. The van der Waals surface area contributed by atoms with Gasteiger partial charge in [-0.15, -0.1) is 0 Å². The predicted octanol–water partition coefficient (Wildman–Crippen LogP) is 3.06. The van der Waals surface area contributed by atoms with Crippen LogP contribution in [0.3, 0.4) is 0 Å². The molecule has 0 saturated heterocycles. The fourth-order valence-electron chi connectivity index (χ4n) is 0.315. The zero-order valence-electron chi connectivity index (χ0n) is 5.20. The Balaban J connectivity index is 4.38. The van der Waals surface area contributed by atoms with Crippen LogP contribution in [0, 0.1) is 0 Å². The molecule has 0 aliphatic carbocycles. The summed E-state index contributed by atoms with van der Waals surface area (Å²) < 4.78 is -0.686. The Morgan fingerprint density at radius 3 is 2.20 bits per heavy atom. The van der Waals surface area contributed by atoms with Gasteiger partial charge in [-0.05, 0) is 11.6 Å². The minimum Gasteiger partial charge on any atom is -0.280 e. The highest BCUT2D eigenvalue weighted by molar-refractivity contribution is 9.14. The van der Waals surface area contributed by atoms with E-state index in [-0.39, 0.29) is 4.83 Å². The standard InChI is InChI=1S/C5H6Br3ClO/c1-3(7)5(8,2-6)4(9)10/h3H,2H2,1H3. The third-order valence-electron chi connectivity index (χ3n) is 1.15. The molecule has 0 rings (SSSR count). The maximum Gasteiger partial charge on any atom is 0.240 e. The minimum atomic E-state index is -0.686. The first-order valence-electron chi connectivity index (χ1n) is 2.54. The van der Waals surface area contributed by atoms with Gasteiger partial charge in [0.15, 0.2) is 0 Å². The lowest BCUT2D eigenvalue weighted by Gasteiger charge is -2.22. The Bertz CT molecular complexity index is 139. The van der Waals surface area contributed by atoms with Crippen molar-refractivity contribution >= 4 is 64.6 Å². The molecule has 0 bridgehead atoms. The summed E-state index contributed by atoms with van der Waals surface area (Å²) in [6.07, 6.45) is 0. The number of hydrogen-bond donors (Lipinski definition) is 0. The molecule has 0 aromatic rings. The smallest absolute Gasteiger partial charge is 0.240 e. The maximum atomic E-state index is 10.8. The lowest BCUT2D eigenvalue weighted by molar-refractivity contribution is -0.113. The molecule has 0 saturated carbocycles. The van der Waals surface area contributed by atoms with Crippen molar-refractivity contribution in [3.05, 3.63) is 0 Å². The highest BCUT2D eigenvalue weighted by atomic mass is 79.9. The van der Waals surface area contributed by atoms with Crippen LogP contribution < -0.4 is 0 Å². The van der Waals surface area contributed by atoms with E-state index in [0.29, 0.717) is 5.33 Å². The van der Waals surface area contributed by atoms with E-state index in [4.69, 9.17) is 11.6 Å². The van der Waals surface area contributed by atoms with Gasteiger partial charge in [-0.25, -0.2) is 0 Å². The largest absolute Gasteiger partial charge is 0.280 e. The molecule has 60 valence electrons. The molecule has 0 fully saturated rings. The Morgan fingerprint density at radius 1 is 1.80 bits per heavy atom. The number of halogens is 4. The number of alkyl halides is 3. The first-order chi connectivity index (χ1) is 4.45. The summed E-state index contributed by atoms with van der Waals surface area (Å²) in [4.78, 5) is 10.8. The third-order valence-corrected chi connectivity index (χ3v) is 6.08. The molecule has 5 heteroatoms. The summed E-state index contributed by atoms with van der Waals surface area (Å²) >= 11 is 15.0. The van der Waals surface area contributed by atoms with Crippen LogP contribution >= 0.6 is 59.4 Å². The van der Waals surface area contributed by atoms with Gasteiger partial charge in [0.25, 0.3) is 0 Å². The summed E-state index contributed by atoms with van der Waals surface area (Å²) in [5.41, 5.74) is 0. The third kappa shape index (κ3) is 2.47. The summed E-state index contributed by atoms with van der Waals surface area (Å²) in [5, 5.41) is 0.100. The molecule has 0 aromatic heterocycles. The van der Waals surface area contributed by atoms with E-state index in [2.05, 4.69) is 47.8 Å². The van der Waals surface area contributed by atoms with Crippen molar-refractivity contribution in [3.63, 3.8) is 0 Å². The fourth-order valence-corrected chi connectivity index (χ4v) is 2.38. The maximum absolute atomic E-state index is 10.8. The summed E-state index contributed by atoms with van der Waals surface area (Å²) in [6, 6.07) is 0. The second-order valence-electron chi connectivity index (χ2n) is 1.89. The SMILES string of the molecule is CC(Br)C(Br)(CBr)C(=O)Cl. The zero-order chi connectivity index (χ0) is 8.36. The lowest BCUT2D eigenvalue weighted by Crippen LogP contribution is -2.38. The normalized spacial score (nSPS) is 19.7. The van der Waals surface area contributed by atoms with Crippen molar-refractivity contribution in [1.82, 2.24) is 0 Å². The first-order valence-corrected chi connectivity index (χ1v) is 5.75. The monoisotopic (exact) mass is 354 g/mol. The topological polar surface area (TPSA) is 17.1 Å². The van der Waals surface area contributed by atoms with Crippen LogP contribution in [0.2, 0.25) is 0 Å². The van der Waals surface area contributed by atoms with Gasteiger partial charge in [-0.3, -0.25) is 4.79 Å². The quantitative estimate of drug-likeness (QED) is 0.561. The molecule has 2 atom stereocenters. The number of carbonyl (C=O) groups excluding carboxylic acids is 1. The number of hydrogen-bond acceptors (Lipinski definition) is 1.